The van der Waals surface area contributed by atoms with Crippen molar-refractivity contribution in [1.82, 2.24) is 0 Å². The van der Waals surface area contributed by atoms with E-state index < -0.39 is 17.1 Å². The number of ether oxygens (including phenoxy) is 2. The summed E-state index contributed by atoms with van der Waals surface area (Å²) in [5, 5.41) is 20.6. The van der Waals surface area contributed by atoms with Crippen molar-refractivity contribution in [1.29, 1.82) is 0 Å². The quantitative estimate of drug-likeness (QED) is 0.650. The second-order valence-electron chi connectivity index (χ2n) is 4.56. The van der Waals surface area contributed by atoms with Crippen LogP contribution in [0.2, 0.25) is 0 Å². The third-order valence-corrected chi connectivity index (χ3v) is 3.24. The van der Waals surface area contributed by atoms with Crippen LogP contribution in [0.1, 0.15) is 18.9 Å². The molecule has 0 aromatic heterocycles. The molecule has 0 amide bonds. The van der Waals surface area contributed by atoms with Crippen LogP contribution in [-0.4, -0.2) is 34.9 Å². The molecule has 1 N–H and O–H groups in total. The first-order valence-electron chi connectivity index (χ1n) is 6.25. The van der Waals surface area contributed by atoms with Crippen LogP contribution in [0.15, 0.2) is 18.2 Å². The van der Waals surface area contributed by atoms with E-state index in [1.165, 1.54) is 6.07 Å². The molecule has 0 aliphatic heterocycles. The van der Waals surface area contributed by atoms with E-state index >= 15 is 0 Å². The number of hydrogen-bond donors (Lipinski definition) is 1. The largest absolute Gasteiger partial charge is 0.480 e. The van der Waals surface area contributed by atoms with E-state index in [1.54, 1.807) is 19.1 Å². The first-order valence-corrected chi connectivity index (χ1v) is 6.25. The van der Waals surface area contributed by atoms with Gasteiger partial charge in [-0.15, -0.1) is 0 Å². The zero-order valence-corrected chi connectivity index (χ0v) is 10.9. The fourth-order valence-corrected chi connectivity index (χ4v) is 2.17. The Morgan fingerprint density at radius 1 is 1.53 bits per heavy atom. The lowest BCUT2D eigenvalue weighted by atomic mass is 9.88. The molecule has 1 saturated carbocycles. The van der Waals surface area contributed by atoms with Crippen molar-refractivity contribution >= 4 is 5.69 Å². The predicted octanol–water partition coefficient (Wildman–Crippen LogP) is 1.82. The Labute approximate surface area is 111 Å². The molecule has 0 heterocycles. The smallest absolute Gasteiger partial charge is 0.311 e. The fraction of sp³-hybridized carbons (Fsp3) is 0.538. The Morgan fingerprint density at radius 3 is 2.84 bits per heavy atom. The van der Waals surface area contributed by atoms with E-state index in [2.05, 4.69) is 0 Å². The van der Waals surface area contributed by atoms with Crippen LogP contribution in [0.4, 0.5) is 5.69 Å². The van der Waals surface area contributed by atoms with Gasteiger partial charge in [-0.05, 0) is 19.4 Å². The Bertz CT molecular complexity index is 476. The van der Waals surface area contributed by atoms with Gasteiger partial charge in [0.1, 0.15) is 12.2 Å². The van der Waals surface area contributed by atoms with Crippen molar-refractivity contribution in [2.75, 3.05) is 6.61 Å². The van der Waals surface area contributed by atoms with Crippen molar-refractivity contribution in [2.45, 2.75) is 38.6 Å². The maximum absolute atomic E-state index is 11.0. The number of hydrogen-bond acceptors (Lipinski definition) is 5. The molecule has 2 rings (SSSR count). The molecule has 1 aliphatic rings. The molecule has 6 nitrogen and oxygen atoms in total. The van der Waals surface area contributed by atoms with Gasteiger partial charge in [0.25, 0.3) is 0 Å². The lowest BCUT2D eigenvalue weighted by Crippen LogP contribution is -2.55. The summed E-state index contributed by atoms with van der Waals surface area (Å²) in [6.07, 6.45) is -0.886. The molecule has 6 heteroatoms. The van der Waals surface area contributed by atoms with Crippen molar-refractivity contribution in [3.05, 3.63) is 33.9 Å². The topological polar surface area (TPSA) is 81.8 Å². The van der Waals surface area contributed by atoms with Gasteiger partial charge in [-0.25, -0.2) is 0 Å². The zero-order chi connectivity index (χ0) is 14.0. The van der Waals surface area contributed by atoms with Gasteiger partial charge in [0, 0.05) is 19.1 Å². The van der Waals surface area contributed by atoms with Gasteiger partial charge in [-0.1, -0.05) is 12.1 Å². The number of aliphatic hydroxyl groups is 1. The summed E-state index contributed by atoms with van der Waals surface area (Å²) in [6.45, 7) is 4.06. The van der Waals surface area contributed by atoms with Gasteiger partial charge in [0.05, 0.1) is 11.0 Å². The predicted molar refractivity (Wildman–Crippen MR) is 68.3 cm³/mol. The second-order valence-corrected chi connectivity index (χ2v) is 4.56. The summed E-state index contributed by atoms with van der Waals surface area (Å²) in [7, 11) is 0. The highest BCUT2D eigenvalue weighted by molar-refractivity contribution is 5.51. The summed E-state index contributed by atoms with van der Waals surface area (Å²) in [5.41, 5.74) is 0.641. The standard InChI is InChI=1S/C13H17NO5/c1-3-18-13-10(15)7-11(13)19-12-8(2)5-4-6-9(12)14(16)17/h4-6,10-11,13,15H,3,7H2,1-2H3. The Morgan fingerprint density at radius 2 is 2.26 bits per heavy atom. The van der Waals surface area contributed by atoms with Gasteiger partial charge in [-0.3, -0.25) is 10.1 Å². The third kappa shape index (κ3) is 2.69. The number of para-hydroxylation sites is 1. The van der Waals surface area contributed by atoms with Crippen molar-refractivity contribution < 1.29 is 19.5 Å². The highest BCUT2D eigenvalue weighted by atomic mass is 16.6. The summed E-state index contributed by atoms with van der Waals surface area (Å²) in [5.74, 6) is 0.258. The van der Waals surface area contributed by atoms with Gasteiger partial charge in [-0.2, -0.15) is 0 Å². The van der Waals surface area contributed by atoms with E-state index in [-0.39, 0.29) is 17.5 Å². The molecule has 0 radical (unpaired) electrons. The molecule has 0 saturated heterocycles. The summed E-state index contributed by atoms with van der Waals surface area (Å²) >= 11 is 0. The van der Waals surface area contributed by atoms with Crippen LogP contribution in [0, 0.1) is 17.0 Å². The van der Waals surface area contributed by atoms with Gasteiger partial charge in [0.2, 0.25) is 0 Å². The SMILES string of the molecule is CCOC1C(O)CC1Oc1c(C)cccc1[N+](=O)[O-]. The number of nitro groups is 1. The highest BCUT2D eigenvalue weighted by Gasteiger charge is 2.43. The van der Waals surface area contributed by atoms with Crippen molar-refractivity contribution in [2.24, 2.45) is 0 Å². The summed E-state index contributed by atoms with van der Waals surface area (Å²) in [4.78, 5) is 10.5. The van der Waals surface area contributed by atoms with Crippen LogP contribution >= 0.6 is 0 Å². The highest BCUT2D eigenvalue weighted by Crippen LogP contribution is 2.36. The molecule has 1 aromatic carbocycles. The van der Waals surface area contributed by atoms with Crippen LogP contribution in [0.25, 0.3) is 0 Å². The number of aliphatic hydroxyl groups excluding tert-OH is 1. The summed E-state index contributed by atoms with van der Waals surface area (Å²) in [6, 6.07) is 4.79. The van der Waals surface area contributed by atoms with E-state index in [0.717, 1.165) is 0 Å². The van der Waals surface area contributed by atoms with Gasteiger partial charge in [0.15, 0.2) is 5.75 Å². The zero-order valence-electron chi connectivity index (χ0n) is 10.9. The van der Waals surface area contributed by atoms with Crippen LogP contribution in [-0.2, 0) is 4.74 Å². The lowest BCUT2D eigenvalue weighted by molar-refractivity contribution is -0.386. The number of nitrogens with zero attached hydrogens (tertiary/aromatic N) is 1. The average Bonchev–Trinajstić information content (AvgIpc) is 2.37. The second kappa shape index (κ2) is 5.54. The molecule has 3 atom stereocenters. The van der Waals surface area contributed by atoms with E-state index in [0.29, 0.717) is 18.6 Å². The van der Waals surface area contributed by atoms with Crippen molar-refractivity contribution in [3.8, 4) is 5.75 Å². The monoisotopic (exact) mass is 267 g/mol. The fourth-order valence-electron chi connectivity index (χ4n) is 2.17. The Hall–Kier alpha value is -1.66. The average molecular weight is 267 g/mol. The first-order chi connectivity index (χ1) is 9.04. The molecular weight excluding hydrogens is 250 g/mol. The number of benzene rings is 1. The molecule has 104 valence electrons. The molecular formula is C13H17NO5. The van der Waals surface area contributed by atoms with Gasteiger partial charge >= 0.3 is 5.69 Å². The minimum atomic E-state index is -0.562. The number of rotatable bonds is 5. The van der Waals surface area contributed by atoms with Crippen molar-refractivity contribution in [3.63, 3.8) is 0 Å². The van der Waals surface area contributed by atoms with Crippen LogP contribution in [0.3, 0.4) is 0 Å². The van der Waals surface area contributed by atoms with E-state index in [9.17, 15) is 15.2 Å². The maximum atomic E-state index is 11.0. The molecule has 0 bridgehead atoms. The van der Waals surface area contributed by atoms with E-state index in [4.69, 9.17) is 9.47 Å². The lowest BCUT2D eigenvalue weighted by Gasteiger charge is -2.40. The number of nitro benzene ring substituents is 1. The van der Waals surface area contributed by atoms with Gasteiger partial charge < -0.3 is 14.6 Å². The molecule has 1 aliphatic carbocycles. The van der Waals surface area contributed by atoms with E-state index in [1.807, 2.05) is 6.92 Å². The molecule has 1 aromatic rings. The molecule has 0 spiro atoms. The van der Waals surface area contributed by atoms with Crippen LogP contribution < -0.4 is 4.74 Å². The van der Waals surface area contributed by atoms with Crippen LogP contribution in [0.5, 0.6) is 5.75 Å². The molecule has 19 heavy (non-hydrogen) atoms. The third-order valence-electron chi connectivity index (χ3n) is 3.24. The first kappa shape index (κ1) is 13.8. The Kier molecular flexibility index (Phi) is 4.01. The molecule has 3 unspecified atom stereocenters. The normalized spacial score (nSPS) is 25.7. The minimum Gasteiger partial charge on any atom is -0.480 e. The molecule has 1 fully saturated rings. The number of aryl methyl sites for hydroxylation is 1. The summed E-state index contributed by atoms with van der Waals surface area (Å²) < 4.78 is 11.1. The Balaban J connectivity index is 2.17. The maximum Gasteiger partial charge on any atom is 0.311 e. The minimum absolute atomic E-state index is 0.0587.